The molecule has 0 saturated carbocycles. The predicted octanol–water partition coefficient (Wildman–Crippen LogP) is 7.37. The summed E-state index contributed by atoms with van der Waals surface area (Å²) in [6.45, 7) is 1.73. The second kappa shape index (κ2) is 11.1. The molecule has 1 fully saturated rings. The highest BCUT2D eigenvalue weighted by molar-refractivity contribution is 8.00. The van der Waals surface area contributed by atoms with Gasteiger partial charge in [-0.1, -0.05) is 82.2 Å². The zero-order valence-corrected chi connectivity index (χ0v) is 25.0. The van der Waals surface area contributed by atoms with E-state index in [0.29, 0.717) is 47.8 Å². The zero-order chi connectivity index (χ0) is 28.8. The van der Waals surface area contributed by atoms with Gasteiger partial charge in [-0.25, -0.2) is 4.98 Å². The molecule has 0 radical (unpaired) electrons. The molecule has 41 heavy (non-hydrogen) atoms. The molecule has 4 heterocycles. The molecule has 1 aliphatic heterocycles. The number of fused-ring (bicyclic) bond motifs is 1. The van der Waals surface area contributed by atoms with Crippen molar-refractivity contribution in [3.05, 3.63) is 110 Å². The van der Waals surface area contributed by atoms with Crippen molar-refractivity contribution in [3.63, 3.8) is 0 Å². The normalized spacial score (nSPS) is 16.7. The number of halogens is 3. The Morgan fingerprint density at radius 1 is 1.02 bits per heavy atom. The standard InChI is InChI=1S/C28H18Cl3N5O3S2/c1-14-22(35-10-3-2-7-20(35)32-14)24(37)21-23(15-5-4-6-17(29)11-15)36(26(39)25(21)38)27-33-34-28(41-27)40-13-16-8-9-18(30)12-19(16)31/h2-12,23,37H,13H2,1H3/b24-21+. The minimum Gasteiger partial charge on any atom is -0.505 e. The Balaban J connectivity index is 1.43. The summed E-state index contributed by atoms with van der Waals surface area (Å²) in [6, 6.07) is 16.4. The van der Waals surface area contributed by atoms with Gasteiger partial charge in [0, 0.05) is 27.0 Å². The van der Waals surface area contributed by atoms with Crippen LogP contribution in [0.25, 0.3) is 11.4 Å². The van der Waals surface area contributed by atoms with Gasteiger partial charge in [-0.3, -0.25) is 18.9 Å². The number of ketones is 1. The first-order valence-electron chi connectivity index (χ1n) is 12.1. The Bertz CT molecular complexity index is 1890. The SMILES string of the molecule is Cc1nc2ccccn2c1/C(O)=C1\C(=O)C(=O)N(c2nnc(SCc3ccc(Cl)cc3Cl)s2)C1c1cccc(Cl)c1. The summed E-state index contributed by atoms with van der Waals surface area (Å²) in [5.41, 5.74) is 2.71. The quantitative estimate of drug-likeness (QED) is 0.0678. The number of hydrogen-bond donors (Lipinski definition) is 1. The molecule has 1 saturated heterocycles. The highest BCUT2D eigenvalue weighted by Crippen LogP contribution is 2.45. The van der Waals surface area contributed by atoms with Crippen LogP contribution in [0.3, 0.4) is 0 Å². The average molecular weight is 643 g/mol. The third-order valence-electron chi connectivity index (χ3n) is 6.51. The van der Waals surface area contributed by atoms with E-state index in [0.717, 1.165) is 16.9 Å². The lowest BCUT2D eigenvalue weighted by atomic mass is 9.96. The Morgan fingerprint density at radius 2 is 1.83 bits per heavy atom. The smallest absolute Gasteiger partial charge is 0.301 e. The van der Waals surface area contributed by atoms with Gasteiger partial charge < -0.3 is 5.11 Å². The monoisotopic (exact) mass is 641 g/mol. The van der Waals surface area contributed by atoms with Crippen LogP contribution in [-0.2, 0) is 15.3 Å². The van der Waals surface area contributed by atoms with Crippen molar-refractivity contribution >= 4 is 86.1 Å². The second-order valence-electron chi connectivity index (χ2n) is 9.07. The van der Waals surface area contributed by atoms with Gasteiger partial charge in [-0.05, 0) is 54.4 Å². The van der Waals surface area contributed by atoms with Gasteiger partial charge in [0.25, 0.3) is 5.78 Å². The average Bonchev–Trinajstić information content (AvgIpc) is 3.61. The van der Waals surface area contributed by atoms with Crippen molar-refractivity contribution < 1.29 is 14.7 Å². The molecule has 13 heteroatoms. The number of thioether (sulfide) groups is 1. The summed E-state index contributed by atoms with van der Waals surface area (Å²) in [5.74, 6) is -1.54. The first kappa shape index (κ1) is 27.7. The Morgan fingerprint density at radius 3 is 2.61 bits per heavy atom. The minimum absolute atomic E-state index is 0.0941. The van der Waals surface area contributed by atoms with Crippen LogP contribution in [0.1, 0.15) is 28.6 Å². The largest absolute Gasteiger partial charge is 0.505 e. The van der Waals surface area contributed by atoms with E-state index < -0.39 is 17.7 Å². The summed E-state index contributed by atoms with van der Waals surface area (Å²) >= 11 is 21.2. The zero-order valence-electron chi connectivity index (χ0n) is 21.1. The molecule has 1 unspecified atom stereocenters. The van der Waals surface area contributed by atoms with Crippen molar-refractivity contribution in [3.8, 4) is 0 Å². The number of anilines is 1. The Kier molecular flexibility index (Phi) is 7.52. The predicted molar refractivity (Wildman–Crippen MR) is 162 cm³/mol. The van der Waals surface area contributed by atoms with Crippen LogP contribution in [0.15, 0.2) is 76.8 Å². The van der Waals surface area contributed by atoms with Crippen molar-refractivity contribution in [2.45, 2.75) is 23.1 Å². The maximum Gasteiger partial charge on any atom is 0.301 e. The molecule has 0 bridgehead atoms. The van der Waals surface area contributed by atoms with E-state index >= 15 is 0 Å². The number of amides is 1. The van der Waals surface area contributed by atoms with Gasteiger partial charge in [-0.15, -0.1) is 10.2 Å². The molecular weight excluding hydrogens is 625 g/mol. The van der Waals surface area contributed by atoms with Crippen LogP contribution in [0.4, 0.5) is 5.13 Å². The third-order valence-corrected chi connectivity index (χ3v) is 9.43. The van der Waals surface area contributed by atoms with Crippen molar-refractivity contribution in [2.75, 3.05) is 4.90 Å². The van der Waals surface area contributed by atoms with Gasteiger partial charge in [0.2, 0.25) is 5.13 Å². The lowest BCUT2D eigenvalue weighted by Crippen LogP contribution is -2.29. The van der Waals surface area contributed by atoms with Crippen LogP contribution in [0.2, 0.25) is 15.1 Å². The van der Waals surface area contributed by atoms with E-state index in [2.05, 4.69) is 15.2 Å². The van der Waals surface area contributed by atoms with E-state index in [-0.39, 0.29) is 16.5 Å². The molecule has 3 aromatic heterocycles. The number of nitrogens with zero attached hydrogens (tertiary/aromatic N) is 5. The highest BCUT2D eigenvalue weighted by Gasteiger charge is 2.49. The van der Waals surface area contributed by atoms with E-state index in [9.17, 15) is 14.7 Å². The molecule has 5 aromatic rings. The molecule has 1 atom stereocenters. The second-order valence-corrected chi connectivity index (χ2v) is 12.5. The number of benzene rings is 2. The van der Waals surface area contributed by atoms with Gasteiger partial charge in [0.05, 0.1) is 17.3 Å². The van der Waals surface area contributed by atoms with Crippen LogP contribution in [0.5, 0.6) is 0 Å². The number of aliphatic hydroxyl groups is 1. The molecule has 1 N–H and O–H groups in total. The summed E-state index contributed by atoms with van der Waals surface area (Å²) in [6.07, 6.45) is 1.73. The van der Waals surface area contributed by atoms with E-state index in [1.54, 1.807) is 66.1 Å². The maximum absolute atomic E-state index is 13.6. The van der Waals surface area contributed by atoms with E-state index in [1.165, 1.54) is 16.7 Å². The number of pyridine rings is 1. The lowest BCUT2D eigenvalue weighted by molar-refractivity contribution is -0.132. The van der Waals surface area contributed by atoms with Gasteiger partial charge in [-0.2, -0.15) is 0 Å². The maximum atomic E-state index is 13.6. The molecule has 206 valence electrons. The van der Waals surface area contributed by atoms with Crippen molar-refractivity contribution in [1.82, 2.24) is 19.6 Å². The number of rotatable bonds is 6. The number of aromatic nitrogens is 4. The van der Waals surface area contributed by atoms with E-state index in [1.807, 2.05) is 12.1 Å². The fraction of sp³-hybridized carbons (Fsp3) is 0.107. The number of carbonyl (C=O) groups is 2. The van der Waals surface area contributed by atoms with Gasteiger partial charge >= 0.3 is 5.91 Å². The van der Waals surface area contributed by atoms with Crippen LogP contribution >= 0.6 is 57.9 Å². The summed E-state index contributed by atoms with van der Waals surface area (Å²) in [5, 5.41) is 21.8. The molecule has 2 aromatic carbocycles. The fourth-order valence-corrected chi connectivity index (χ4v) is 7.31. The van der Waals surface area contributed by atoms with Crippen molar-refractivity contribution in [2.24, 2.45) is 0 Å². The molecule has 6 rings (SSSR count). The topological polar surface area (TPSA) is 101 Å². The number of aliphatic hydroxyl groups excluding tert-OH is 1. The van der Waals surface area contributed by atoms with Gasteiger partial charge in [0.1, 0.15) is 11.3 Å². The summed E-state index contributed by atoms with van der Waals surface area (Å²) in [4.78, 5) is 32.9. The van der Waals surface area contributed by atoms with Crippen LogP contribution in [0, 0.1) is 6.92 Å². The number of Topliss-reactive ketones (excluding diaryl/α,β-unsaturated/α-hetero) is 1. The van der Waals surface area contributed by atoms with Crippen LogP contribution < -0.4 is 4.90 Å². The Hall–Kier alpha value is -3.41. The number of aryl methyl sites for hydroxylation is 1. The van der Waals surface area contributed by atoms with Gasteiger partial charge in [0.15, 0.2) is 10.1 Å². The van der Waals surface area contributed by atoms with E-state index in [4.69, 9.17) is 34.8 Å². The lowest BCUT2D eigenvalue weighted by Gasteiger charge is -2.22. The molecular formula is C28H18Cl3N5O3S2. The number of carbonyl (C=O) groups excluding carboxylic acids is 2. The minimum atomic E-state index is -1.00. The third kappa shape index (κ3) is 5.11. The van der Waals surface area contributed by atoms with Crippen molar-refractivity contribution in [1.29, 1.82) is 0 Å². The summed E-state index contributed by atoms with van der Waals surface area (Å²) in [7, 11) is 0. The number of hydrogen-bond acceptors (Lipinski definition) is 8. The summed E-state index contributed by atoms with van der Waals surface area (Å²) < 4.78 is 2.24. The first-order chi connectivity index (χ1) is 19.7. The molecule has 1 aliphatic rings. The molecule has 8 nitrogen and oxygen atoms in total. The number of imidazole rings is 1. The van der Waals surface area contributed by atoms with Crippen LogP contribution in [-0.4, -0.2) is 36.4 Å². The highest BCUT2D eigenvalue weighted by atomic mass is 35.5. The molecule has 0 aliphatic carbocycles. The fourth-order valence-electron chi connectivity index (χ4n) is 4.68. The Labute approximate surface area is 257 Å². The molecule has 1 amide bonds. The first-order valence-corrected chi connectivity index (χ1v) is 15.1. The molecule has 0 spiro atoms.